The maximum Gasteiger partial charge on any atom is 0.288 e. The van der Waals surface area contributed by atoms with Gasteiger partial charge in [0, 0.05) is 18.7 Å². The smallest absolute Gasteiger partial charge is 0.288 e. The standard InChI is InChI=1S/C9H16N2O2S/c1-7(5-10-2)6-11-8(12)3-4-14-9(11)13/h7,10H,3-6H2,1-2H3. The molecule has 1 rings (SSSR count). The first-order chi connectivity index (χ1) is 6.65. The number of carbonyl (C=O) groups excluding carboxylic acids is 2. The van der Waals surface area contributed by atoms with Gasteiger partial charge >= 0.3 is 0 Å². The molecule has 1 N–H and O–H groups in total. The van der Waals surface area contributed by atoms with Gasteiger partial charge in [-0.1, -0.05) is 18.7 Å². The zero-order chi connectivity index (χ0) is 10.6. The average Bonchev–Trinajstić information content (AvgIpc) is 2.12. The quantitative estimate of drug-likeness (QED) is 0.759. The maximum atomic E-state index is 11.4. The van der Waals surface area contributed by atoms with Crippen LogP contribution in [0.15, 0.2) is 0 Å². The Morgan fingerprint density at radius 2 is 2.29 bits per heavy atom. The van der Waals surface area contributed by atoms with Crippen LogP contribution in [-0.2, 0) is 4.79 Å². The Morgan fingerprint density at radius 3 is 2.86 bits per heavy atom. The molecule has 4 nitrogen and oxygen atoms in total. The van der Waals surface area contributed by atoms with Crippen LogP contribution in [-0.4, -0.2) is 41.9 Å². The Labute approximate surface area is 88.4 Å². The fraction of sp³-hybridized carbons (Fsp3) is 0.778. The second-order valence-electron chi connectivity index (χ2n) is 3.53. The normalized spacial score (nSPS) is 20.0. The lowest BCUT2D eigenvalue weighted by Crippen LogP contribution is -2.42. The van der Waals surface area contributed by atoms with E-state index in [0.717, 1.165) is 6.54 Å². The van der Waals surface area contributed by atoms with Crippen LogP contribution in [0.1, 0.15) is 13.3 Å². The van der Waals surface area contributed by atoms with E-state index in [1.54, 1.807) is 0 Å². The van der Waals surface area contributed by atoms with Gasteiger partial charge in [0.25, 0.3) is 5.24 Å². The Balaban J connectivity index is 2.47. The van der Waals surface area contributed by atoms with Gasteiger partial charge in [0.2, 0.25) is 5.91 Å². The highest BCUT2D eigenvalue weighted by Crippen LogP contribution is 2.19. The van der Waals surface area contributed by atoms with E-state index in [1.807, 2.05) is 14.0 Å². The predicted octanol–water partition coefficient (Wildman–Crippen LogP) is 0.927. The molecule has 1 atom stereocenters. The molecule has 0 saturated carbocycles. The summed E-state index contributed by atoms with van der Waals surface area (Å²) < 4.78 is 0. The zero-order valence-corrected chi connectivity index (χ0v) is 9.39. The molecule has 0 aromatic carbocycles. The minimum atomic E-state index is -0.0933. The number of hydrogen-bond acceptors (Lipinski definition) is 4. The maximum absolute atomic E-state index is 11.4. The van der Waals surface area contributed by atoms with Crippen molar-refractivity contribution < 1.29 is 9.59 Å². The Kier molecular flexibility index (Phi) is 4.41. The lowest BCUT2D eigenvalue weighted by molar-refractivity contribution is -0.128. The highest BCUT2D eigenvalue weighted by atomic mass is 32.2. The lowest BCUT2D eigenvalue weighted by atomic mass is 10.1. The minimum absolute atomic E-state index is 0.0308. The Hall–Kier alpha value is -0.550. The molecule has 1 unspecified atom stereocenters. The van der Waals surface area contributed by atoms with Gasteiger partial charge in [0.15, 0.2) is 0 Å². The molecule has 1 aliphatic rings. The summed E-state index contributed by atoms with van der Waals surface area (Å²) in [5.41, 5.74) is 0. The first kappa shape index (κ1) is 11.5. The third-order valence-corrected chi connectivity index (χ3v) is 2.99. The molecule has 0 aliphatic carbocycles. The molecule has 2 amide bonds. The van der Waals surface area contributed by atoms with Crippen LogP contribution in [0.5, 0.6) is 0 Å². The molecular weight excluding hydrogens is 200 g/mol. The molecule has 0 radical (unpaired) electrons. The van der Waals surface area contributed by atoms with Gasteiger partial charge in [-0.05, 0) is 19.5 Å². The number of amides is 2. The third kappa shape index (κ3) is 2.99. The van der Waals surface area contributed by atoms with E-state index < -0.39 is 0 Å². The molecule has 1 saturated heterocycles. The summed E-state index contributed by atoms with van der Waals surface area (Å²) in [6.45, 7) is 3.38. The van der Waals surface area contributed by atoms with Crippen LogP contribution >= 0.6 is 11.8 Å². The monoisotopic (exact) mass is 216 g/mol. The second kappa shape index (κ2) is 5.36. The van der Waals surface area contributed by atoms with E-state index >= 15 is 0 Å². The highest BCUT2D eigenvalue weighted by Gasteiger charge is 2.27. The van der Waals surface area contributed by atoms with Gasteiger partial charge in [0.05, 0.1) is 0 Å². The van der Waals surface area contributed by atoms with E-state index in [0.29, 0.717) is 24.6 Å². The number of nitrogens with zero attached hydrogens (tertiary/aromatic N) is 1. The molecule has 80 valence electrons. The van der Waals surface area contributed by atoms with Crippen molar-refractivity contribution in [2.45, 2.75) is 13.3 Å². The van der Waals surface area contributed by atoms with Crippen molar-refractivity contribution in [3.63, 3.8) is 0 Å². The van der Waals surface area contributed by atoms with Crippen molar-refractivity contribution in [2.24, 2.45) is 5.92 Å². The Morgan fingerprint density at radius 1 is 1.57 bits per heavy atom. The van der Waals surface area contributed by atoms with Crippen molar-refractivity contribution in [3.8, 4) is 0 Å². The molecule has 0 bridgehead atoms. The van der Waals surface area contributed by atoms with Gasteiger partial charge in [-0.25, -0.2) is 0 Å². The van der Waals surface area contributed by atoms with Crippen molar-refractivity contribution >= 4 is 22.9 Å². The average molecular weight is 216 g/mol. The topological polar surface area (TPSA) is 49.4 Å². The number of carbonyl (C=O) groups is 2. The number of nitrogens with one attached hydrogen (secondary N) is 1. The largest absolute Gasteiger partial charge is 0.319 e. The molecule has 5 heteroatoms. The molecule has 0 spiro atoms. The molecule has 0 aromatic rings. The number of hydrogen-bond donors (Lipinski definition) is 1. The van der Waals surface area contributed by atoms with E-state index in [-0.39, 0.29) is 11.1 Å². The van der Waals surface area contributed by atoms with E-state index in [2.05, 4.69) is 5.32 Å². The fourth-order valence-corrected chi connectivity index (χ4v) is 2.22. The summed E-state index contributed by atoms with van der Waals surface area (Å²) in [6.07, 6.45) is 0.489. The summed E-state index contributed by atoms with van der Waals surface area (Å²) in [7, 11) is 1.87. The SMILES string of the molecule is CNCC(C)CN1C(=O)CCSC1=O. The molecule has 0 aromatic heterocycles. The predicted molar refractivity (Wildman–Crippen MR) is 57.3 cm³/mol. The van der Waals surface area contributed by atoms with E-state index in [1.165, 1.54) is 16.7 Å². The molecule has 14 heavy (non-hydrogen) atoms. The Bertz CT molecular complexity index is 217. The number of imide groups is 1. The number of thioether (sulfide) groups is 1. The first-order valence-corrected chi connectivity index (χ1v) is 5.75. The summed E-state index contributed by atoms with van der Waals surface area (Å²) in [4.78, 5) is 24.2. The fourth-order valence-electron chi connectivity index (χ4n) is 1.44. The van der Waals surface area contributed by atoms with E-state index in [4.69, 9.17) is 0 Å². The summed E-state index contributed by atoms with van der Waals surface area (Å²) in [6, 6.07) is 0. The molecular formula is C9H16N2O2S. The van der Waals surface area contributed by atoms with Gasteiger partial charge < -0.3 is 5.32 Å². The van der Waals surface area contributed by atoms with Crippen LogP contribution in [0, 0.1) is 5.92 Å². The molecule has 1 heterocycles. The third-order valence-electron chi connectivity index (χ3n) is 2.11. The number of rotatable bonds is 4. The molecule has 1 aliphatic heterocycles. The van der Waals surface area contributed by atoms with Crippen molar-refractivity contribution in [1.82, 2.24) is 10.2 Å². The summed E-state index contributed by atoms with van der Waals surface area (Å²) in [5, 5.41) is 2.94. The van der Waals surface area contributed by atoms with Crippen molar-refractivity contribution in [2.75, 3.05) is 25.9 Å². The van der Waals surface area contributed by atoms with Gasteiger partial charge in [0.1, 0.15) is 0 Å². The van der Waals surface area contributed by atoms with Gasteiger partial charge in [-0.2, -0.15) is 0 Å². The summed E-state index contributed by atoms with van der Waals surface area (Å²) in [5.74, 6) is 0.914. The minimum Gasteiger partial charge on any atom is -0.319 e. The zero-order valence-electron chi connectivity index (χ0n) is 8.58. The van der Waals surface area contributed by atoms with Crippen LogP contribution < -0.4 is 5.32 Å². The van der Waals surface area contributed by atoms with Gasteiger partial charge in [-0.3, -0.25) is 14.5 Å². The summed E-state index contributed by atoms with van der Waals surface area (Å²) >= 11 is 1.24. The van der Waals surface area contributed by atoms with Gasteiger partial charge in [-0.15, -0.1) is 0 Å². The van der Waals surface area contributed by atoms with Crippen LogP contribution in [0.3, 0.4) is 0 Å². The van der Waals surface area contributed by atoms with Crippen LogP contribution in [0.2, 0.25) is 0 Å². The van der Waals surface area contributed by atoms with Crippen molar-refractivity contribution in [1.29, 1.82) is 0 Å². The van der Waals surface area contributed by atoms with Crippen LogP contribution in [0.25, 0.3) is 0 Å². The molecule has 1 fully saturated rings. The second-order valence-corrected chi connectivity index (χ2v) is 4.58. The van der Waals surface area contributed by atoms with Crippen LogP contribution in [0.4, 0.5) is 4.79 Å². The lowest BCUT2D eigenvalue weighted by Gasteiger charge is -2.26. The van der Waals surface area contributed by atoms with E-state index in [9.17, 15) is 9.59 Å². The highest BCUT2D eigenvalue weighted by molar-refractivity contribution is 8.13. The van der Waals surface area contributed by atoms with Crippen molar-refractivity contribution in [3.05, 3.63) is 0 Å². The first-order valence-electron chi connectivity index (χ1n) is 4.77.